The van der Waals surface area contributed by atoms with Gasteiger partial charge in [0.15, 0.2) is 0 Å². The second-order valence-electron chi connectivity index (χ2n) is 4.80. The van der Waals surface area contributed by atoms with Crippen molar-refractivity contribution in [3.8, 4) is 0 Å². The number of esters is 1. The molecule has 0 fully saturated rings. The van der Waals surface area contributed by atoms with E-state index in [1.54, 1.807) is 0 Å². The fourth-order valence-electron chi connectivity index (χ4n) is 2.08. The predicted molar refractivity (Wildman–Crippen MR) is 78.7 cm³/mol. The average Bonchev–Trinajstić information content (AvgIpc) is 2.45. The molecule has 1 aromatic carbocycles. The first-order valence-corrected chi connectivity index (χ1v) is 7.09. The Morgan fingerprint density at radius 3 is 2.68 bits per heavy atom. The van der Waals surface area contributed by atoms with Gasteiger partial charge in [-0.2, -0.15) is 0 Å². The van der Waals surface area contributed by atoms with E-state index in [9.17, 15) is 4.79 Å². The summed E-state index contributed by atoms with van der Waals surface area (Å²) in [4.78, 5) is 12.1. The molecule has 1 rings (SSSR count). The van der Waals surface area contributed by atoms with Crippen LogP contribution in [0.25, 0.3) is 0 Å². The fourth-order valence-corrected chi connectivity index (χ4v) is 2.08. The topological polar surface area (TPSA) is 26.3 Å². The molecule has 0 spiro atoms. The van der Waals surface area contributed by atoms with Crippen LogP contribution in [-0.2, 0) is 16.1 Å². The molecule has 1 aromatic rings. The van der Waals surface area contributed by atoms with Crippen LogP contribution in [0.1, 0.15) is 44.6 Å². The first kappa shape index (κ1) is 15.5. The maximum Gasteiger partial charge on any atom is 0.309 e. The number of ether oxygens (including phenoxy) is 1. The van der Waals surface area contributed by atoms with Crippen LogP contribution in [0, 0.1) is 5.92 Å². The minimum absolute atomic E-state index is 0.0358. The Balaban J connectivity index is 2.40. The van der Waals surface area contributed by atoms with Gasteiger partial charge in [-0.15, -0.1) is 6.58 Å². The van der Waals surface area contributed by atoms with Crippen molar-refractivity contribution in [3.05, 3.63) is 48.6 Å². The highest BCUT2D eigenvalue weighted by atomic mass is 16.5. The lowest BCUT2D eigenvalue weighted by atomic mass is 9.97. The van der Waals surface area contributed by atoms with E-state index in [-0.39, 0.29) is 11.9 Å². The molecule has 1 atom stereocenters. The van der Waals surface area contributed by atoms with Crippen molar-refractivity contribution in [1.82, 2.24) is 0 Å². The molecule has 0 aromatic heterocycles. The van der Waals surface area contributed by atoms with Crippen LogP contribution in [0.5, 0.6) is 0 Å². The molecular formula is C17H24O2. The van der Waals surface area contributed by atoms with Crippen LogP contribution in [0.3, 0.4) is 0 Å². The van der Waals surface area contributed by atoms with Gasteiger partial charge in [0.05, 0.1) is 5.92 Å². The summed E-state index contributed by atoms with van der Waals surface area (Å²) < 4.78 is 5.41. The number of benzene rings is 1. The van der Waals surface area contributed by atoms with Gasteiger partial charge in [0.25, 0.3) is 0 Å². The first-order chi connectivity index (χ1) is 9.27. The van der Waals surface area contributed by atoms with E-state index in [1.807, 2.05) is 36.4 Å². The molecule has 2 nitrogen and oxygen atoms in total. The lowest BCUT2D eigenvalue weighted by Gasteiger charge is -2.15. The van der Waals surface area contributed by atoms with E-state index < -0.39 is 0 Å². The summed E-state index contributed by atoms with van der Waals surface area (Å²) in [5, 5.41) is 0. The second kappa shape index (κ2) is 9.37. The zero-order valence-electron chi connectivity index (χ0n) is 11.8. The summed E-state index contributed by atoms with van der Waals surface area (Å²) in [6.07, 6.45) is 6.69. The highest BCUT2D eigenvalue weighted by molar-refractivity contribution is 5.72. The number of unbranched alkanes of at least 4 members (excludes halogenated alkanes) is 1. The third-order valence-corrected chi connectivity index (χ3v) is 3.16. The van der Waals surface area contributed by atoms with Gasteiger partial charge in [-0.1, -0.05) is 49.8 Å². The standard InChI is InChI=1S/C17H24O2/c1-3-5-7-13-16(10-4-2)17(18)19-14-15-11-8-6-9-12-15/h3,6,8-9,11-12,16H,1,4-5,7,10,13-14H2,2H3. The molecule has 0 aliphatic carbocycles. The van der Waals surface area contributed by atoms with Crippen LogP contribution >= 0.6 is 0 Å². The highest BCUT2D eigenvalue weighted by Crippen LogP contribution is 2.17. The van der Waals surface area contributed by atoms with Crippen molar-refractivity contribution in [1.29, 1.82) is 0 Å². The maximum absolute atomic E-state index is 12.1. The Kier molecular flexibility index (Phi) is 7.64. The largest absolute Gasteiger partial charge is 0.461 e. The Bertz CT molecular complexity index is 370. The molecular weight excluding hydrogens is 236 g/mol. The van der Waals surface area contributed by atoms with Gasteiger partial charge >= 0.3 is 5.97 Å². The van der Waals surface area contributed by atoms with E-state index in [4.69, 9.17) is 4.74 Å². The van der Waals surface area contributed by atoms with Crippen molar-refractivity contribution < 1.29 is 9.53 Å². The monoisotopic (exact) mass is 260 g/mol. The Hall–Kier alpha value is -1.57. The van der Waals surface area contributed by atoms with E-state index in [0.29, 0.717) is 6.61 Å². The van der Waals surface area contributed by atoms with Gasteiger partial charge in [-0.25, -0.2) is 0 Å². The summed E-state index contributed by atoms with van der Waals surface area (Å²) in [5.74, 6) is -0.0246. The van der Waals surface area contributed by atoms with E-state index in [0.717, 1.165) is 37.7 Å². The first-order valence-electron chi connectivity index (χ1n) is 7.09. The average molecular weight is 260 g/mol. The quantitative estimate of drug-likeness (QED) is 0.371. The maximum atomic E-state index is 12.1. The zero-order valence-corrected chi connectivity index (χ0v) is 11.8. The highest BCUT2D eigenvalue weighted by Gasteiger charge is 2.18. The van der Waals surface area contributed by atoms with E-state index in [2.05, 4.69) is 13.5 Å². The predicted octanol–water partition coefficient (Wildman–Crippen LogP) is 4.50. The summed E-state index contributed by atoms with van der Waals surface area (Å²) >= 11 is 0. The molecule has 0 heterocycles. The summed E-state index contributed by atoms with van der Waals surface area (Å²) in [6, 6.07) is 9.81. The molecule has 0 aliphatic rings. The third-order valence-electron chi connectivity index (χ3n) is 3.16. The Morgan fingerprint density at radius 1 is 1.32 bits per heavy atom. The van der Waals surface area contributed by atoms with Gasteiger partial charge in [0.2, 0.25) is 0 Å². The molecule has 19 heavy (non-hydrogen) atoms. The fraction of sp³-hybridized carbons (Fsp3) is 0.471. The van der Waals surface area contributed by atoms with E-state index in [1.165, 1.54) is 0 Å². The van der Waals surface area contributed by atoms with Crippen LogP contribution in [0.4, 0.5) is 0 Å². The zero-order chi connectivity index (χ0) is 13.9. The number of carbonyl (C=O) groups excluding carboxylic acids is 1. The molecule has 2 heteroatoms. The molecule has 0 amide bonds. The van der Waals surface area contributed by atoms with Crippen molar-refractivity contribution in [2.24, 2.45) is 5.92 Å². The van der Waals surface area contributed by atoms with E-state index >= 15 is 0 Å². The van der Waals surface area contributed by atoms with Crippen LogP contribution in [0.2, 0.25) is 0 Å². The van der Waals surface area contributed by atoms with Gasteiger partial charge in [0, 0.05) is 0 Å². The number of rotatable bonds is 9. The minimum atomic E-state index is -0.0604. The Morgan fingerprint density at radius 2 is 2.05 bits per heavy atom. The number of carbonyl (C=O) groups is 1. The van der Waals surface area contributed by atoms with Crippen LogP contribution in [-0.4, -0.2) is 5.97 Å². The van der Waals surface area contributed by atoms with Gasteiger partial charge < -0.3 is 4.74 Å². The van der Waals surface area contributed by atoms with Crippen molar-refractivity contribution in [3.63, 3.8) is 0 Å². The summed E-state index contributed by atoms with van der Waals surface area (Å²) in [7, 11) is 0. The molecule has 0 radical (unpaired) electrons. The molecule has 1 unspecified atom stereocenters. The molecule has 0 saturated heterocycles. The molecule has 104 valence electrons. The van der Waals surface area contributed by atoms with Crippen molar-refractivity contribution in [2.45, 2.75) is 45.6 Å². The molecule has 0 N–H and O–H groups in total. The van der Waals surface area contributed by atoms with Gasteiger partial charge in [-0.05, 0) is 31.2 Å². The SMILES string of the molecule is C=CCCCC(CCC)C(=O)OCc1ccccc1. The lowest BCUT2D eigenvalue weighted by molar-refractivity contribution is -0.150. The van der Waals surface area contributed by atoms with Crippen molar-refractivity contribution in [2.75, 3.05) is 0 Å². The Labute approximate surface area is 116 Å². The van der Waals surface area contributed by atoms with Crippen LogP contribution in [0.15, 0.2) is 43.0 Å². The number of allylic oxidation sites excluding steroid dienone is 1. The second-order valence-corrected chi connectivity index (χ2v) is 4.80. The summed E-state index contributed by atoms with van der Waals surface area (Å²) in [5.41, 5.74) is 1.04. The van der Waals surface area contributed by atoms with Gasteiger partial charge in [0.1, 0.15) is 6.61 Å². The number of hydrogen-bond donors (Lipinski definition) is 0. The van der Waals surface area contributed by atoms with Crippen molar-refractivity contribution >= 4 is 5.97 Å². The number of hydrogen-bond acceptors (Lipinski definition) is 2. The smallest absolute Gasteiger partial charge is 0.309 e. The minimum Gasteiger partial charge on any atom is -0.461 e. The van der Waals surface area contributed by atoms with Crippen LogP contribution < -0.4 is 0 Å². The molecule has 0 aliphatic heterocycles. The summed E-state index contributed by atoms with van der Waals surface area (Å²) in [6.45, 7) is 6.19. The lowest BCUT2D eigenvalue weighted by Crippen LogP contribution is -2.17. The normalized spacial score (nSPS) is 11.8. The molecule has 0 saturated carbocycles. The third kappa shape index (κ3) is 6.23. The van der Waals surface area contributed by atoms with Gasteiger partial charge in [-0.3, -0.25) is 4.79 Å². The molecule has 0 bridgehead atoms.